The van der Waals surface area contributed by atoms with Crippen molar-refractivity contribution in [3.05, 3.63) is 62.6 Å². The number of hydrogen-bond acceptors (Lipinski definition) is 4. The number of nitrogens with one attached hydrogen (secondary N) is 1. The molecule has 1 atom stereocenters. The molecule has 0 bridgehead atoms. The van der Waals surface area contributed by atoms with E-state index in [4.69, 9.17) is 0 Å². The van der Waals surface area contributed by atoms with Crippen LogP contribution in [0.25, 0.3) is 0 Å². The number of amides is 1. The van der Waals surface area contributed by atoms with Crippen molar-refractivity contribution in [2.45, 2.75) is 32.9 Å². The molecule has 1 amide bonds. The molecule has 28 heavy (non-hydrogen) atoms. The number of nitrogens with zero attached hydrogens (tertiary/aromatic N) is 3. The smallest absolute Gasteiger partial charge is 0.332 e. The standard InChI is InChI=1S/C20H25FN4O3/c1-3-25-17(11-18(26)23(2)20(25)28)24-10-4-5-15(13-24)19(27)22-12-14-6-8-16(21)9-7-14/h6-9,11,15H,3-5,10,12-13H2,1-2H3,(H,22,27)/t15-/m0/s1. The van der Waals surface area contributed by atoms with E-state index in [-0.39, 0.29) is 28.9 Å². The second-order valence-electron chi connectivity index (χ2n) is 7.06. The predicted molar refractivity (Wildman–Crippen MR) is 105 cm³/mol. The van der Waals surface area contributed by atoms with Crippen LogP contribution in [0.1, 0.15) is 25.3 Å². The Morgan fingerprint density at radius 3 is 2.64 bits per heavy atom. The molecule has 0 spiro atoms. The number of carbonyl (C=O) groups is 1. The molecule has 0 saturated carbocycles. The third-order valence-corrected chi connectivity index (χ3v) is 5.19. The SMILES string of the molecule is CCn1c(N2CCC[C@H](C(=O)NCc3ccc(F)cc3)C2)cc(=O)n(C)c1=O. The van der Waals surface area contributed by atoms with Gasteiger partial charge < -0.3 is 10.2 Å². The molecule has 0 unspecified atom stereocenters. The lowest BCUT2D eigenvalue weighted by Crippen LogP contribution is -2.47. The number of carbonyl (C=O) groups excluding carboxylic acids is 1. The summed E-state index contributed by atoms with van der Waals surface area (Å²) in [6.45, 7) is 3.77. The highest BCUT2D eigenvalue weighted by atomic mass is 19.1. The average molecular weight is 388 g/mol. The maximum atomic E-state index is 13.0. The highest BCUT2D eigenvalue weighted by molar-refractivity contribution is 5.79. The number of rotatable bonds is 5. The van der Waals surface area contributed by atoms with Crippen LogP contribution >= 0.6 is 0 Å². The minimum Gasteiger partial charge on any atom is -0.357 e. The largest absolute Gasteiger partial charge is 0.357 e. The van der Waals surface area contributed by atoms with Crippen LogP contribution in [-0.4, -0.2) is 28.1 Å². The van der Waals surface area contributed by atoms with E-state index in [9.17, 15) is 18.8 Å². The van der Waals surface area contributed by atoms with Crippen molar-refractivity contribution in [2.24, 2.45) is 13.0 Å². The minimum atomic E-state index is -0.354. The third-order valence-electron chi connectivity index (χ3n) is 5.19. The van der Waals surface area contributed by atoms with Crippen LogP contribution in [0.2, 0.25) is 0 Å². The molecule has 0 radical (unpaired) electrons. The van der Waals surface area contributed by atoms with Crippen molar-refractivity contribution in [2.75, 3.05) is 18.0 Å². The molecule has 1 aliphatic heterocycles. The van der Waals surface area contributed by atoms with Crippen LogP contribution in [0, 0.1) is 11.7 Å². The lowest BCUT2D eigenvalue weighted by molar-refractivity contribution is -0.125. The maximum Gasteiger partial charge on any atom is 0.332 e. The molecular formula is C20H25FN4O3. The molecule has 1 aromatic heterocycles. The molecule has 8 heteroatoms. The summed E-state index contributed by atoms with van der Waals surface area (Å²) < 4.78 is 15.6. The summed E-state index contributed by atoms with van der Waals surface area (Å²) in [5, 5.41) is 2.90. The zero-order chi connectivity index (χ0) is 20.3. The van der Waals surface area contributed by atoms with Gasteiger partial charge in [-0.05, 0) is 37.5 Å². The number of aromatic nitrogens is 2. The molecule has 1 fully saturated rings. The van der Waals surface area contributed by atoms with Gasteiger partial charge >= 0.3 is 5.69 Å². The fourth-order valence-corrected chi connectivity index (χ4v) is 3.55. The molecule has 1 aliphatic rings. The van der Waals surface area contributed by atoms with Crippen LogP contribution in [0.15, 0.2) is 39.9 Å². The van der Waals surface area contributed by atoms with Crippen LogP contribution in [0.3, 0.4) is 0 Å². The van der Waals surface area contributed by atoms with E-state index < -0.39 is 0 Å². The summed E-state index contributed by atoms with van der Waals surface area (Å²) in [4.78, 5) is 39.0. The Morgan fingerprint density at radius 1 is 1.25 bits per heavy atom. The summed E-state index contributed by atoms with van der Waals surface area (Å²) >= 11 is 0. The number of halogens is 1. The summed E-state index contributed by atoms with van der Waals surface area (Å²) in [7, 11) is 1.46. The Morgan fingerprint density at radius 2 is 1.96 bits per heavy atom. The molecule has 2 aromatic rings. The molecule has 3 rings (SSSR count). The number of hydrogen-bond donors (Lipinski definition) is 1. The highest BCUT2D eigenvalue weighted by Crippen LogP contribution is 2.22. The summed E-state index contributed by atoms with van der Waals surface area (Å²) in [5.74, 6) is -0.0671. The zero-order valence-electron chi connectivity index (χ0n) is 16.2. The van der Waals surface area contributed by atoms with Crippen molar-refractivity contribution >= 4 is 11.7 Å². The van der Waals surface area contributed by atoms with E-state index >= 15 is 0 Å². The topological polar surface area (TPSA) is 76.3 Å². The van der Waals surface area contributed by atoms with Crippen molar-refractivity contribution in [1.82, 2.24) is 14.5 Å². The number of piperidine rings is 1. The lowest BCUT2D eigenvalue weighted by atomic mass is 9.97. The van der Waals surface area contributed by atoms with E-state index in [1.165, 1.54) is 25.2 Å². The van der Waals surface area contributed by atoms with Gasteiger partial charge in [0.2, 0.25) is 5.91 Å². The molecule has 150 valence electrons. The Hall–Kier alpha value is -2.90. The van der Waals surface area contributed by atoms with Crippen molar-refractivity contribution in [3.8, 4) is 0 Å². The first-order chi connectivity index (χ1) is 13.4. The fourth-order valence-electron chi connectivity index (χ4n) is 3.55. The molecule has 1 N–H and O–H groups in total. The fraction of sp³-hybridized carbons (Fsp3) is 0.450. The van der Waals surface area contributed by atoms with Gasteiger partial charge in [-0.1, -0.05) is 12.1 Å². The van der Waals surface area contributed by atoms with E-state index in [0.717, 1.165) is 23.0 Å². The van der Waals surface area contributed by atoms with E-state index in [1.54, 1.807) is 16.7 Å². The predicted octanol–water partition coefficient (Wildman–Crippen LogP) is 1.24. The summed E-state index contributed by atoms with van der Waals surface area (Å²) in [6, 6.07) is 7.47. The van der Waals surface area contributed by atoms with Gasteiger partial charge in [-0.2, -0.15) is 0 Å². The van der Waals surface area contributed by atoms with E-state index in [1.807, 2.05) is 11.8 Å². The van der Waals surface area contributed by atoms with Gasteiger partial charge in [-0.25, -0.2) is 9.18 Å². The second-order valence-corrected chi connectivity index (χ2v) is 7.06. The average Bonchev–Trinajstić information content (AvgIpc) is 2.71. The van der Waals surface area contributed by atoms with Gasteiger partial charge in [-0.15, -0.1) is 0 Å². The van der Waals surface area contributed by atoms with Gasteiger partial charge in [-0.3, -0.25) is 18.7 Å². The van der Waals surface area contributed by atoms with Crippen molar-refractivity contribution < 1.29 is 9.18 Å². The Labute approximate surface area is 162 Å². The van der Waals surface area contributed by atoms with Gasteiger partial charge in [0.1, 0.15) is 11.6 Å². The first kappa shape index (κ1) is 19.9. The van der Waals surface area contributed by atoms with Crippen molar-refractivity contribution in [3.63, 3.8) is 0 Å². The van der Waals surface area contributed by atoms with Gasteiger partial charge in [0, 0.05) is 39.3 Å². The lowest BCUT2D eigenvalue weighted by Gasteiger charge is -2.34. The third kappa shape index (κ3) is 4.16. The van der Waals surface area contributed by atoms with Gasteiger partial charge in [0.25, 0.3) is 5.56 Å². The van der Waals surface area contributed by atoms with Crippen molar-refractivity contribution in [1.29, 1.82) is 0 Å². The number of anilines is 1. The van der Waals surface area contributed by atoms with E-state index in [0.29, 0.717) is 32.0 Å². The Kier molecular flexibility index (Phi) is 5.96. The Bertz CT molecular complexity index is 965. The van der Waals surface area contributed by atoms with Crippen LogP contribution in [-0.2, 0) is 24.9 Å². The minimum absolute atomic E-state index is 0.0803. The van der Waals surface area contributed by atoms with Gasteiger partial charge in [0.05, 0.1) is 5.92 Å². The molecule has 1 aromatic carbocycles. The van der Waals surface area contributed by atoms with E-state index in [2.05, 4.69) is 5.32 Å². The zero-order valence-corrected chi connectivity index (χ0v) is 16.2. The summed E-state index contributed by atoms with van der Waals surface area (Å²) in [5.41, 5.74) is 0.120. The number of benzene rings is 1. The molecular weight excluding hydrogens is 363 g/mol. The van der Waals surface area contributed by atoms with Crippen LogP contribution in [0.4, 0.5) is 10.2 Å². The molecule has 0 aliphatic carbocycles. The monoisotopic (exact) mass is 388 g/mol. The molecule has 2 heterocycles. The highest BCUT2D eigenvalue weighted by Gasteiger charge is 2.27. The Balaban J connectivity index is 1.72. The second kappa shape index (κ2) is 8.41. The van der Waals surface area contributed by atoms with Crippen LogP contribution in [0.5, 0.6) is 0 Å². The first-order valence-electron chi connectivity index (χ1n) is 9.48. The quantitative estimate of drug-likeness (QED) is 0.836. The normalized spacial score (nSPS) is 16.8. The maximum absolute atomic E-state index is 13.0. The molecule has 7 nitrogen and oxygen atoms in total. The molecule has 1 saturated heterocycles. The van der Waals surface area contributed by atoms with Crippen LogP contribution < -0.4 is 21.5 Å². The van der Waals surface area contributed by atoms with Gasteiger partial charge in [0.15, 0.2) is 0 Å². The summed E-state index contributed by atoms with van der Waals surface area (Å²) in [6.07, 6.45) is 1.54. The first-order valence-corrected chi connectivity index (χ1v) is 9.48.